The van der Waals surface area contributed by atoms with Gasteiger partial charge in [0.25, 0.3) is 0 Å². The van der Waals surface area contributed by atoms with E-state index in [0.29, 0.717) is 0 Å². The first-order valence-corrected chi connectivity index (χ1v) is 6.41. The third-order valence-electron chi connectivity index (χ3n) is 2.62. The SMILES string of the molecule is OC(CCCC(F)(F)F)c1cc(C(F)(F)F)ccc1Br. The van der Waals surface area contributed by atoms with Crippen molar-refractivity contribution in [3.05, 3.63) is 33.8 Å². The molecule has 1 aromatic carbocycles. The summed E-state index contributed by atoms with van der Waals surface area (Å²) in [5, 5.41) is 9.72. The number of aliphatic hydroxyl groups is 1. The van der Waals surface area contributed by atoms with Gasteiger partial charge in [0.05, 0.1) is 11.7 Å². The van der Waals surface area contributed by atoms with E-state index in [9.17, 15) is 31.4 Å². The van der Waals surface area contributed by atoms with Crippen LogP contribution in [0.5, 0.6) is 0 Å². The summed E-state index contributed by atoms with van der Waals surface area (Å²) in [5.74, 6) is 0. The highest BCUT2D eigenvalue weighted by molar-refractivity contribution is 9.10. The third kappa shape index (κ3) is 5.32. The molecule has 0 fully saturated rings. The van der Waals surface area contributed by atoms with E-state index in [-0.39, 0.29) is 22.9 Å². The molecule has 8 heteroatoms. The van der Waals surface area contributed by atoms with Crippen molar-refractivity contribution in [1.82, 2.24) is 0 Å². The van der Waals surface area contributed by atoms with Gasteiger partial charge in [0, 0.05) is 10.9 Å². The van der Waals surface area contributed by atoms with Gasteiger partial charge in [-0.15, -0.1) is 0 Å². The van der Waals surface area contributed by atoms with Gasteiger partial charge in [-0.2, -0.15) is 26.3 Å². The summed E-state index contributed by atoms with van der Waals surface area (Å²) in [5.41, 5.74) is -1.02. The second kappa shape index (κ2) is 6.34. The number of benzene rings is 1. The zero-order chi connectivity index (χ0) is 15.6. The number of aliphatic hydroxyl groups excluding tert-OH is 1. The van der Waals surface area contributed by atoms with Crippen LogP contribution in [0.1, 0.15) is 36.5 Å². The Kier molecular flexibility index (Phi) is 5.48. The molecule has 0 bridgehead atoms. The lowest BCUT2D eigenvalue weighted by Gasteiger charge is -2.16. The molecule has 20 heavy (non-hydrogen) atoms. The molecule has 1 N–H and O–H groups in total. The van der Waals surface area contributed by atoms with Crippen molar-refractivity contribution in [3.8, 4) is 0 Å². The highest BCUT2D eigenvalue weighted by Crippen LogP contribution is 2.35. The Morgan fingerprint density at radius 3 is 2.20 bits per heavy atom. The minimum absolute atomic E-state index is 0.0676. The molecule has 0 aliphatic heterocycles. The van der Waals surface area contributed by atoms with Crippen LogP contribution in [0.2, 0.25) is 0 Å². The zero-order valence-corrected chi connectivity index (χ0v) is 11.6. The molecule has 0 saturated carbocycles. The number of hydrogen-bond acceptors (Lipinski definition) is 1. The van der Waals surface area contributed by atoms with E-state index < -0.39 is 30.4 Å². The number of halogens is 7. The summed E-state index contributed by atoms with van der Waals surface area (Å²) in [7, 11) is 0. The van der Waals surface area contributed by atoms with Gasteiger partial charge in [-0.05, 0) is 36.6 Å². The van der Waals surface area contributed by atoms with E-state index in [4.69, 9.17) is 0 Å². The monoisotopic (exact) mass is 364 g/mol. The van der Waals surface area contributed by atoms with Crippen LogP contribution in [0.15, 0.2) is 22.7 Å². The van der Waals surface area contributed by atoms with Gasteiger partial charge in [-0.3, -0.25) is 0 Å². The minimum Gasteiger partial charge on any atom is -0.388 e. The number of rotatable bonds is 4. The molecule has 0 radical (unpaired) electrons. The summed E-state index contributed by atoms with van der Waals surface area (Å²) in [6, 6.07) is 2.68. The molecule has 114 valence electrons. The number of alkyl halides is 6. The molecular weight excluding hydrogens is 354 g/mol. The van der Waals surface area contributed by atoms with Gasteiger partial charge >= 0.3 is 12.4 Å². The summed E-state index contributed by atoms with van der Waals surface area (Å²) in [6.45, 7) is 0. The van der Waals surface area contributed by atoms with Crippen LogP contribution in [-0.2, 0) is 6.18 Å². The summed E-state index contributed by atoms with van der Waals surface area (Å²) in [6.07, 6.45) is -12.0. The average Bonchev–Trinajstić information content (AvgIpc) is 2.25. The maximum absolute atomic E-state index is 12.5. The largest absolute Gasteiger partial charge is 0.416 e. The van der Waals surface area contributed by atoms with Crippen LogP contribution >= 0.6 is 15.9 Å². The van der Waals surface area contributed by atoms with Crippen LogP contribution in [0.4, 0.5) is 26.3 Å². The summed E-state index contributed by atoms with van der Waals surface area (Å²) in [4.78, 5) is 0. The van der Waals surface area contributed by atoms with E-state index in [1.807, 2.05) is 0 Å². The Morgan fingerprint density at radius 2 is 1.70 bits per heavy atom. The van der Waals surface area contributed by atoms with Crippen molar-refractivity contribution in [2.45, 2.75) is 37.7 Å². The number of hydrogen-bond donors (Lipinski definition) is 1. The smallest absolute Gasteiger partial charge is 0.388 e. The first kappa shape index (κ1) is 17.3. The van der Waals surface area contributed by atoms with Gasteiger partial charge in [0.1, 0.15) is 0 Å². The van der Waals surface area contributed by atoms with E-state index in [1.165, 1.54) is 0 Å². The molecule has 0 heterocycles. The van der Waals surface area contributed by atoms with Crippen molar-refractivity contribution >= 4 is 15.9 Å². The average molecular weight is 365 g/mol. The van der Waals surface area contributed by atoms with Crippen LogP contribution in [0.3, 0.4) is 0 Å². The molecule has 0 aliphatic rings. The second-order valence-electron chi connectivity index (χ2n) is 4.26. The van der Waals surface area contributed by atoms with Crippen molar-refractivity contribution < 1.29 is 31.4 Å². The second-order valence-corrected chi connectivity index (χ2v) is 5.11. The lowest BCUT2D eigenvalue weighted by Crippen LogP contribution is -2.10. The fourth-order valence-corrected chi connectivity index (χ4v) is 2.14. The first-order chi connectivity index (χ1) is 9.00. The predicted molar refractivity (Wildman–Crippen MR) is 64.0 cm³/mol. The highest BCUT2D eigenvalue weighted by atomic mass is 79.9. The standard InChI is InChI=1S/C12H11BrF6O/c13-9-4-3-7(12(17,18)19)6-8(9)10(20)2-1-5-11(14,15)16/h3-4,6,10,20H,1-2,5H2. The van der Waals surface area contributed by atoms with E-state index in [0.717, 1.165) is 18.2 Å². The fourth-order valence-electron chi connectivity index (χ4n) is 1.63. The van der Waals surface area contributed by atoms with E-state index in [1.54, 1.807) is 0 Å². The highest BCUT2D eigenvalue weighted by Gasteiger charge is 2.32. The maximum atomic E-state index is 12.5. The Bertz CT molecular complexity index is 454. The molecule has 1 atom stereocenters. The molecule has 0 aliphatic carbocycles. The molecule has 1 rings (SSSR count). The molecule has 1 nitrogen and oxygen atoms in total. The van der Waals surface area contributed by atoms with Gasteiger partial charge < -0.3 is 5.11 Å². The third-order valence-corrected chi connectivity index (χ3v) is 3.34. The molecule has 0 saturated heterocycles. The molecule has 1 unspecified atom stereocenters. The van der Waals surface area contributed by atoms with Gasteiger partial charge in [-0.25, -0.2) is 0 Å². The quantitative estimate of drug-likeness (QED) is 0.725. The molecule has 1 aromatic rings. The van der Waals surface area contributed by atoms with Crippen molar-refractivity contribution in [3.63, 3.8) is 0 Å². The van der Waals surface area contributed by atoms with Gasteiger partial charge in [0.2, 0.25) is 0 Å². The first-order valence-electron chi connectivity index (χ1n) is 5.62. The Hall–Kier alpha value is -0.760. The summed E-state index contributed by atoms with van der Waals surface area (Å²) >= 11 is 2.98. The zero-order valence-electron chi connectivity index (χ0n) is 10.0. The molecule has 0 aromatic heterocycles. The molecule has 0 amide bonds. The maximum Gasteiger partial charge on any atom is 0.416 e. The van der Waals surface area contributed by atoms with Crippen LogP contribution in [0, 0.1) is 0 Å². The Labute approximate surface area is 119 Å². The normalized spacial score (nSPS) is 14.4. The van der Waals surface area contributed by atoms with Crippen LogP contribution < -0.4 is 0 Å². The van der Waals surface area contributed by atoms with Gasteiger partial charge in [0.15, 0.2) is 0 Å². The molecular formula is C12H11BrF6O. The lowest BCUT2D eigenvalue weighted by molar-refractivity contribution is -0.137. The Balaban J connectivity index is 2.79. The van der Waals surface area contributed by atoms with Crippen molar-refractivity contribution in [2.75, 3.05) is 0 Å². The predicted octanol–water partition coefficient (Wildman–Crippen LogP) is 5.23. The minimum atomic E-state index is -4.57. The fraction of sp³-hybridized carbons (Fsp3) is 0.500. The topological polar surface area (TPSA) is 20.2 Å². The van der Waals surface area contributed by atoms with Crippen LogP contribution in [-0.4, -0.2) is 11.3 Å². The van der Waals surface area contributed by atoms with Gasteiger partial charge in [-0.1, -0.05) is 15.9 Å². The van der Waals surface area contributed by atoms with E-state index >= 15 is 0 Å². The van der Waals surface area contributed by atoms with E-state index in [2.05, 4.69) is 15.9 Å². The molecule has 0 spiro atoms. The van der Waals surface area contributed by atoms with Crippen molar-refractivity contribution in [2.24, 2.45) is 0 Å². The lowest BCUT2D eigenvalue weighted by atomic mass is 10.0. The van der Waals surface area contributed by atoms with Crippen LogP contribution in [0.25, 0.3) is 0 Å². The summed E-state index contributed by atoms with van der Waals surface area (Å²) < 4.78 is 73.7. The van der Waals surface area contributed by atoms with Crippen molar-refractivity contribution in [1.29, 1.82) is 0 Å². The Morgan fingerprint density at radius 1 is 1.10 bits per heavy atom.